The van der Waals surface area contributed by atoms with Crippen LogP contribution in [0.25, 0.3) is 0 Å². The van der Waals surface area contributed by atoms with Gasteiger partial charge in [0.2, 0.25) is 5.91 Å². The monoisotopic (exact) mass is 260 g/mol. The van der Waals surface area contributed by atoms with Gasteiger partial charge in [-0.05, 0) is 55.6 Å². The smallest absolute Gasteiger partial charge is 0.224 e. The number of ether oxygens (including phenoxy) is 1. The molecule has 1 amide bonds. The predicted molar refractivity (Wildman–Crippen MR) is 74.9 cm³/mol. The molecule has 1 N–H and O–H groups in total. The Morgan fingerprint density at radius 1 is 1.26 bits per heavy atom. The summed E-state index contributed by atoms with van der Waals surface area (Å²) in [5.74, 6) is 0.960. The molecule has 3 rings (SSSR count). The summed E-state index contributed by atoms with van der Waals surface area (Å²) in [6.07, 6.45) is 3.26. The number of rotatable bonds is 0. The van der Waals surface area contributed by atoms with Crippen molar-refractivity contribution in [3.05, 3.63) is 23.3 Å². The third-order valence-corrected chi connectivity index (χ3v) is 3.90. The topological polar surface area (TPSA) is 41.6 Å². The molecule has 0 aliphatic carbocycles. The zero-order valence-electron chi connectivity index (χ0n) is 11.4. The van der Waals surface area contributed by atoms with Crippen LogP contribution in [-0.4, -0.2) is 32.1 Å². The minimum Gasteiger partial charge on any atom is -0.490 e. The Bertz CT molecular complexity index is 499. The second kappa shape index (κ2) is 5.21. The molecule has 0 spiro atoms. The van der Waals surface area contributed by atoms with Crippen molar-refractivity contribution in [1.82, 2.24) is 5.32 Å². The fraction of sp³-hybridized carbons (Fsp3) is 0.533. The van der Waals surface area contributed by atoms with Crippen LogP contribution in [-0.2, 0) is 17.6 Å². The number of benzene rings is 1. The van der Waals surface area contributed by atoms with Crippen molar-refractivity contribution in [3.63, 3.8) is 0 Å². The highest BCUT2D eigenvalue weighted by atomic mass is 16.5. The van der Waals surface area contributed by atoms with Crippen molar-refractivity contribution >= 4 is 11.6 Å². The minimum absolute atomic E-state index is 0.0912. The summed E-state index contributed by atoms with van der Waals surface area (Å²) in [5, 5.41) is 3.43. The number of carbonyl (C=O) groups excluding carboxylic acids is 1. The number of hydrogen-bond acceptors (Lipinski definition) is 3. The van der Waals surface area contributed by atoms with Crippen LogP contribution in [0.1, 0.15) is 24.5 Å². The van der Waals surface area contributed by atoms with Crippen LogP contribution in [0.5, 0.6) is 5.75 Å². The van der Waals surface area contributed by atoms with E-state index in [1.165, 1.54) is 11.1 Å². The first kappa shape index (κ1) is 12.5. The Labute approximate surface area is 113 Å². The number of anilines is 1. The lowest BCUT2D eigenvalue weighted by Crippen LogP contribution is -2.36. The van der Waals surface area contributed by atoms with Gasteiger partial charge in [0.15, 0.2) is 0 Å². The molecule has 4 nitrogen and oxygen atoms in total. The van der Waals surface area contributed by atoms with Gasteiger partial charge in [-0.3, -0.25) is 4.79 Å². The first-order valence-electron chi connectivity index (χ1n) is 7.03. The Kier molecular flexibility index (Phi) is 3.42. The van der Waals surface area contributed by atoms with Gasteiger partial charge in [-0.15, -0.1) is 0 Å². The van der Waals surface area contributed by atoms with Crippen molar-refractivity contribution in [2.24, 2.45) is 0 Å². The highest BCUT2D eigenvalue weighted by Crippen LogP contribution is 2.35. The normalized spacial score (nSPS) is 18.7. The second-order valence-corrected chi connectivity index (χ2v) is 5.21. The zero-order valence-corrected chi connectivity index (χ0v) is 11.4. The number of carbonyl (C=O) groups is 1. The highest BCUT2D eigenvalue weighted by molar-refractivity contribution is 5.93. The average molecular weight is 260 g/mol. The molecule has 19 heavy (non-hydrogen) atoms. The molecule has 0 radical (unpaired) electrons. The molecule has 1 aromatic rings. The lowest BCUT2D eigenvalue weighted by Gasteiger charge is -2.30. The summed E-state index contributed by atoms with van der Waals surface area (Å²) in [7, 11) is 0. The standard InChI is InChI=1S/C15H20N2O2/c1-11(18)17-7-8-19-15-10-12-3-2-5-16-6-4-13(12)9-14(15)17/h9-10,16H,2-8H2,1H3. The molecule has 0 fully saturated rings. The van der Waals surface area contributed by atoms with Crippen LogP contribution in [0.4, 0.5) is 5.69 Å². The quantitative estimate of drug-likeness (QED) is 0.769. The first-order chi connectivity index (χ1) is 9.25. The Morgan fingerprint density at radius 2 is 2.11 bits per heavy atom. The molecule has 2 heterocycles. The third-order valence-electron chi connectivity index (χ3n) is 3.90. The molecular formula is C15H20N2O2. The Morgan fingerprint density at radius 3 is 2.95 bits per heavy atom. The summed E-state index contributed by atoms with van der Waals surface area (Å²) < 4.78 is 5.73. The van der Waals surface area contributed by atoms with Crippen molar-refractivity contribution in [2.45, 2.75) is 26.2 Å². The van der Waals surface area contributed by atoms with Crippen LogP contribution in [0.15, 0.2) is 12.1 Å². The Hall–Kier alpha value is -1.55. The minimum atomic E-state index is 0.0912. The summed E-state index contributed by atoms with van der Waals surface area (Å²) in [4.78, 5) is 13.5. The van der Waals surface area contributed by atoms with E-state index in [1.54, 1.807) is 6.92 Å². The molecule has 0 saturated heterocycles. The van der Waals surface area contributed by atoms with Gasteiger partial charge in [0.25, 0.3) is 0 Å². The SMILES string of the molecule is CC(=O)N1CCOc2cc3c(cc21)CCNCCC3. The van der Waals surface area contributed by atoms with E-state index in [0.29, 0.717) is 13.2 Å². The van der Waals surface area contributed by atoms with Gasteiger partial charge in [0.1, 0.15) is 12.4 Å². The molecule has 0 atom stereocenters. The van der Waals surface area contributed by atoms with E-state index in [2.05, 4.69) is 17.4 Å². The van der Waals surface area contributed by atoms with Crippen LogP contribution in [0.2, 0.25) is 0 Å². The Balaban J connectivity index is 2.01. The van der Waals surface area contributed by atoms with Crippen molar-refractivity contribution < 1.29 is 9.53 Å². The molecule has 0 saturated carbocycles. The van der Waals surface area contributed by atoms with E-state index in [0.717, 1.165) is 43.8 Å². The number of fused-ring (bicyclic) bond motifs is 2. The van der Waals surface area contributed by atoms with E-state index >= 15 is 0 Å². The predicted octanol–water partition coefficient (Wildman–Crippen LogP) is 1.51. The lowest BCUT2D eigenvalue weighted by atomic mass is 9.96. The largest absolute Gasteiger partial charge is 0.490 e. The van der Waals surface area contributed by atoms with Gasteiger partial charge in [0, 0.05) is 6.92 Å². The molecule has 102 valence electrons. The van der Waals surface area contributed by atoms with Gasteiger partial charge in [0.05, 0.1) is 12.2 Å². The molecule has 4 heteroatoms. The maximum atomic E-state index is 11.7. The maximum Gasteiger partial charge on any atom is 0.224 e. The lowest BCUT2D eigenvalue weighted by molar-refractivity contribution is -0.116. The number of amides is 1. The van der Waals surface area contributed by atoms with Gasteiger partial charge >= 0.3 is 0 Å². The van der Waals surface area contributed by atoms with E-state index in [1.807, 2.05) is 4.90 Å². The van der Waals surface area contributed by atoms with E-state index in [4.69, 9.17) is 4.74 Å². The van der Waals surface area contributed by atoms with E-state index in [9.17, 15) is 4.79 Å². The van der Waals surface area contributed by atoms with Crippen molar-refractivity contribution in [3.8, 4) is 5.75 Å². The van der Waals surface area contributed by atoms with Crippen LogP contribution in [0.3, 0.4) is 0 Å². The van der Waals surface area contributed by atoms with Crippen LogP contribution in [0, 0.1) is 0 Å². The fourth-order valence-electron chi connectivity index (χ4n) is 2.89. The van der Waals surface area contributed by atoms with Gasteiger partial charge < -0.3 is 15.0 Å². The van der Waals surface area contributed by atoms with E-state index in [-0.39, 0.29) is 5.91 Å². The molecule has 0 unspecified atom stereocenters. The van der Waals surface area contributed by atoms with Crippen molar-refractivity contribution in [2.75, 3.05) is 31.1 Å². The summed E-state index contributed by atoms with van der Waals surface area (Å²) in [5.41, 5.74) is 3.67. The molecular weight excluding hydrogens is 240 g/mol. The zero-order chi connectivity index (χ0) is 13.2. The number of nitrogens with one attached hydrogen (secondary N) is 1. The van der Waals surface area contributed by atoms with Crippen LogP contribution < -0.4 is 15.0 Å². The highest BCUT2D eigenvalue weighted by Gasteiger charge is 2.23. The molecule has 0 bridgehead atoms. The third kappa shape index (κ3) is 2.45. The van der Waals surface area contributed by atoms with Crippen LogP contribution >= 0.6 is 0 Å². The number of hydrogen-bond donors (Lipinski definition) is 1. The summed E-state index contributed by atoms with van der Waals surface area (Å²) in [6.45, 7) is 4.95. The second-order valence-electron chi connectivity index (χ2n) is 5.21. The summed E-state index contributed by atoms with van der Waals surface area (Å²) >= 11 is 0. The molecule has 0 aromatic heterocycles. The molecule has 1 aromatic carbocycles. The molecule has 2 aliphatic heterocycles. The van der Waals surface area contributed by atoms with Crippen molar-refractivity contribution in [1.29, 1.82) is 0 Å². The summed E-state index contributed by atoms with van der Waals surface area (Å²) in [6, 6.07) is 4.29. The van der Waals surface area contributed by atoms with Gasteiger partial charge in [-0.25, -0.2) is 0 Å². The number of nitrogens with zero attached hydrogens (tertiary/aromatic N) is 1. The van der Waals surface area contributed by atoms with Gasteiger partial charge in [-0.1, -0.05) is 0 Å². The van der Waals surface area contributed by atoms with E-state index < -0.39 is 0 Å². The first-order valence-corrected chi connectivity index (χ1v) is 7.03. The maximum absolute atomic E-state index is 11.7. The number of aryl methyl sites for hydroxylation is 1. The van der Waals surface area contributed by atoms with Gasteiger partial charge in [-0.2, -0.15) is 0 Å². The molecule has 2 aliphatic rings. The fourth-order valence-corrected chi connectivity index (χ4v) is 2.89. The average Bonchev–Trinajstić information content (AvgIpc) is 2.38.